The van der Waals surface area contributed by atoms with E-state index in [2.05, 4.69) is 21.0 Å². The SMILES string of the molecule is CC(=O)Oc1ccc(C=Nn2c(C3CCCCC3)nc3ccc(Br)cc3c2=O)cc1Cl. The van der Waals surface area contributed by atoms with Crippen molar-refractivity contribution in [1.82, 2.24) is 9.66 Å². The first kappa shape index (κ1) is 21.7. The van der Waals surface area contributed by atoms with Gasteiger partial charge in [-0.05, 0) is 54.8 Å². The lowest BCUT2D eigenvalue weighted by atomic mass is 9.88. The summed E-state index contributed by atoms with van der Waals surface area (Å²) in [5, 5.41) is 5.30. The number of rotatable bonds is 4. The molecule has 6 nitrogen and oxygen atoms in total. The van der Waals surface area contributed by atoms with Gasteiger partial charge in [-0.3, -0.25) is 9.59 Å². The molecule has 1 aromatic heterocycles. The molecule has 0 radical (unpaired) electrons. The molecule has 0 aliphatic heterocycles. The quantitative estimate of drug-likeness (QED) is 0.262. The van der Waals surface area contributed by atoms with E-state index in [4.69, 9.17) is 21.3 Å². The van der Waals surface area contributed by atoms with Gasteiger partial charge in [-0.2, -0.15) is 9.78 Å². The molecule has 160 valence electrons. The summed E-state index contributed by atoms with van der Waals surface area (Å²) in [6.45, 7) is 1.32. The van der Waals surface area contributed by atoms with Gasteiger partial charge >= 0.3 is 5.97 Å². The maximum atomic E-state index is 13.3. The fourth-order valence-corrected chi connectivity index (χ4v) is 4.45. The summed E-state index contributed by atoms with van der Waals surface area (Å²) in [6.07, 6.45) is 7.01. The van der Waals surface area contributed by atoms with E-state index < -0.39 is 5.97 Å². The minimum atomic E-state index is -0.444. The fourth-order valence-electron chi connectivity index (χ4n) is 3.86. The molecule has 1 saturated carbocycles. The Kier molecular flexibility index (Phi) is 6.53. The van der Waals surface area contributed by atoms with Gasteiger partial charge in [-0.1, -0.05) is 46.8 Å². The zero-order chi connectivity index (χ0) is 22.0. The largest absolute Gasteiger partial charge is 0.425 e. The van der Waals surface area contributed by atoms with Crippen molar-refractivity contribution in [3.05, 3.63) is 67.6 Å². The second-order valence-corrected chi connectivity index (χ2v) is 8.93. The first-order valence-electron chi connectivity index (χ1n) is 10.2. The Hall–Kier alpha value is -2.51. The lowest BCUT2D eigenvalue weighted by molar-refractivity contribution is -0.131. The molecule has 1 fully saturated rings. The van der Waals surface area contributed by atoms with Gasteiger partial charge in [0.15, 0.2) is 0 Å². The average molecular weight is 503 g/mol. The molecule has 1 aliphatic rings. The Morgan fingerprint density at radius 1 is 1.23 bits per heavy atom. The van der Waals surface area contributed by atoms with Gasteiger partial charge in [0.2, 0.25) is 0 Å². The summed E-state index contributed by atoms with van der Waals surface area (Å²) < 4.78 is 7.28. The number of hydrogen-bond acceptors (Lipinski definition) is 5. The molecule has 0 bridgehead atoms. The number of benzene rings is 2. The highest BCUT2D eigenvalue weighted by molar-refractivity contribution is 9.10. The van der Waals surface area contributed by atoms with Crippen LogP contribution in [0.5, 0.6) is 5.75 Å². The van der Waals surface area contributed by atoms with Crippen LogP contribution < -0.4 is 10.3 Å². The Morgan fingerprint density at radius 3 is 2.71 bits per heavy atom. The Bertz CT molecular complexity index is 1230. The van der Waals surface area contributed by atoms with Crippen LogP contribution in [0.1, 0.15) is 56.3 Å². The second-order valence-electron chi connectivity index (χ2n) is 7.61. The highest BCUT2D eigenvalue weighted by atomic mass is 79.9. The number of aromatic nitrogens is 2. The zero-order valence-corrected chi connectivity index (χ0v) is 19.3. The van der Waals surface area contributed by atoms with Crippen LogP contribution in [-0.4, -0.2) is 21.8 Å². The Morgan fingerprint density at radius 2 is 2.00 bits per heavy atom. The van der Waals surface area contributed by atoms with Crippen LogP contribution in [0.2, 0.25) is 5.02 Å². The van der Waals surface area contributed by atoms with Gasteiger partial charge in [0.25, 0.3) is 5.56 Å². The summed E-state index contributed by atoms with van der Waals surface area (Å²) in [5.74, 6) is 0.726. The van der Waals surface area contributed by atoms with Gasteiger partial charge in [0.05, 0.1) is 22.1 Å². The third-order valence-corrected chi connectivity index (χ3v) is 6.12. The summed E-state index contributed by atoms with van der Waals surface area (Å²) in [5.41, 5.74) is 1.15. The van der Waals surface area contributed by atoms with Crippen molar-refractivity contribution in [1.29, 1.82) is 0 Å². The van der Waals surface area contributed by atoms with Crippen LogP contribution in [0.3, 0.4) is 0 Å². The van der Waals surface area contributed by atoms with Crippen molar-refractivity contribution in [2.24, 2.45) is 5.10 Å². The van der Waals surface area contributed by atoms with Crippen molar-refractivity contribution < 1.29 is 9.53 Å². The maximum Gasteiger partial charge on any atom is 0.308 e. The maximum absolute atomic E-state index is 13.3. The average Bonchev–Trinajstić information content (AvgIpc) is 2.75. The number of hydrogen-bond donors (Lipinski definition) is 0. The van der Waals surface area contributed by atoms with E-state index in [0.29, 0.717) is 27.3 Å². The Labute approximate surface area is 193 Å². The Balaban J connectivity index is 1.78. The van der Waals surface area contributed by atoms with E-state index in [1.165, 1.54) is 18.0 Å². The zero-order valence-electron chi connectivity index (χ0n) is 17.0. The highest BCUT2D eigenvalue weighted by Crippen LogP contribution is 2.32. The van der Waals surface area contributed by atoms with Crippen molar-refractivity contribution >= 4 is 50.6 Å². The monoisotopic (exact) mass is 501 g/mol. The minimum Gasteiger partial charge on any atom is -0.425 e. The summed E-state index contributed by atoms with van der Waals surface area (Å²) >= 11 is 9.64. The van der Waals surface area contributed by atoms with Crippen LogP contribution in [-0.2, 0) is 4.79 Å². The molecule has 0 saturated heterocycles. The van der Waals surface area contributed by atoms with Crippen LogP contribution >= 0.6 is 27.5 Å². The summed E-state index contributed by atoms with van der Waals surface area (Å²) in [7, 11) is 0. The predicted molar refractivity (Wildman–Crippen MR) is 125 cm³/mol. The predicted octanol–water partition coefficient (Wildman–Crippen LogP) is 5.67. The van der Waals surface area contributed by atoms with Crippen LogP contribution in [0.4, 0.5) is 0 Å². The van der Waals surface area contributed by atoms with Crippen LogP contribution in [0, 0.1) is 0 Å². The molecule has 1 aliphatic carbocycles. The van der Waals surface area contributed by atoms with Crippen molar-refractivity contribution in [3.8, 4) is 5.75 Å². The van der Waals surface area contributed by atoms with E-state index >= 15 is 0 Å². The lowest BCUT2D eigenvalue weighted by Crippen LogP contribution is -2.25. The van der Waals surface area contributed by atoms with Crippen molar-refractivity contribution in [3.63, 3.8) is 0 Å². The third-order valence-electron chi connectivity index (χ3n) is 5.34. The van der Waals surface area contributed by atoms with Crippen molar-refractivity contribution in [2.75, 3.05) is 0 Å². The molecule has 0 spiro atoms. The molecule has 0 amide bonds. The molecule has 3 aromatic rings. The van der Waals surface area contributed by atoms with E-state index in [-0.39, 0.29) is 17.2 Å². The molecular formula is C23H21BrClN3O3. The third kappa shape index (κ3) is 4.88. The summed E-state index contributed by atoms with van der Waals surface area (Å²) in [4.78, 5) is 29.3. The molecule has 0 atom stereocenters. The lowest BCUT2D eigenvalue weighted by Gasteiger charge is -2.22. The smallest absolute Gasteiger partial charge is 0.308 e. The number of carbonyl (C=O) groups is 1. The van der Waals surface area contributed by atoms with Crippen LogP contribution in [0.15, 0.2) is 50.8 Å². The summed E-state index contributed by atoms with van der Waals surface area (Å²) in [6, 6.07) is 10.5. The molecule has 0 unspecified atom stereocenters. The highest BCUT2D eigenvalue weighted by Gasteiger charge is 2.22. The number of fused-ring (bicyclic) bond motifs is 1. The topological polar surface area (TPSA) is 73.5 Å². The van der Waals surface area contributed by atoms with E-state index in [9.17, 15) is 9.59 Å². The molecular weight excluding hydrogens is 482 g/mol. The van der Waals surface area contributed by atoms with Gasteiger partial charge < -0.3 is 4.74 Å². The molecule has 1 heterocycles. The molecule has 2 aromatic carbocycles. The van der Waals surface area contributed by atoms with Gasteiger partial charge in [0, 0.05) is 17.3 Å². The first-order valence-corrected chi connectivity index (χ1v) is 11.3. The van der Waals surface area contributed by atoms with Gasteiger partial charge in [-0.25, -0.2) is 4.98 Å². The van der Waals surface area contributed by atoms with Gasteiger partial charge in [-0.15, -0.1) is 0 Å². The number of ether oxygens (including phenoxy) is 1. The molecule has 4 rings (SSSR count). The van der Waals surface area contributed by atoms with E-state index in [1.807, 2.05) is 12.1 Å². The standard InChI is InChI=1S/C23H21BrClN3O3/c1-14(29)31-21-10-7-15(11-19(21)25)13-26-28-22(16-5-3-2-4-6-16)27-20-9-8-17(24)12-18(20)23(28)30/h7-13,16H,2-6H2,1H3. The molecule has 31 heavy (non-hydrogen) atoms. The number of halogens is 2. The van der Waals surface area contributed by atoms with Crippen LogP contribution in [0.25, 0.3) is 10.9 Å². The van der Waals surface area contributed by atoms with Gasteiger partial charge in [0.1, 0.15) is 11.6 Å². The minimum absolute atomic E-state index is 0.196. The van der Waals surface area contributed by atoms with Crippen molar-refractivity contribution in [2.45, 2.75) is 44.9 Å². The second kappa shape index (κ2) is 9.32. The number of carbonyl (C=O) groups excluding carboxylic acids is 1. The number of esters is 1. The van der Waals surface area contributed by atoms with E-state index in [1.54, 1.807) is 30.5 Å². The number of nitrogens with zero attached hydrogens (tertiary/aromatic N) is 3. The normalized spacial score (nSPS) is 14.9. The molecule has 0 N–H and O–H groups in total. The first-order chi connectivity index (χ1) is 14.9. The molecule has 8 heteroatoms. The van der Waals surface area contributed by atoms with E-state index in [0.717, 1.165) is 30.2 Å². The fraction of sp³-hybridized carbons (Fsp3) is 0.304.